The average molecular weight is 311 g/mol. The quantitative estimate of drug-likeness (QED) is 0.557. The van der Waals surface area contributed by atoms with Crippen LogP contribution in [0.25, 0.3) is 0 Å². The minimum Gasteiger partial charge on any atom is -0.450 e. The van der Waals surface area contributed by atoms with Gasteiger partial charge in [0.2, 0.25) is 0 Å². The average Bonchev–Trinajstić information content (AvgIpc) is 2.36. The van der Waals surface area contributed by atoms with Crippen molar-refractivity contribution in [3.8, 4) is 0 Å². The molecule has 0 spiro atoms. The maximum atomic E-state index is 12.3. The molecule has 0 aromatic heterocycles. The Kier molecular flexibility index (Phi) is 6.88. The van der Waals surface area contributed by atoms with Gasteiger partial charge >= 0.3 is 5.97 Å². The standard InChI is InChI=1S/C12H19ClO3S2/c1-3-12(8-13,16-9(2)14)10(15)7-11-17-5-4-6-18-11/h11H,3-8H2,1-2H3/t12-/m0/s1. The van der Waals surface area contributed by atoms with Crippen molar-refractivity contribution in [1.82, 2.24) is 0 Å². The van der Waals surface area contributed by atoms with Crippen molar-refractivity contribution in [3.63, 3.8) is 0 Å². The Bertz CT molecular complexity index is 300. The molecule has 0 unspecified atom stereocenters. The fourth-order valence-corrected chi connectivity index (χ4v) is 5.01. The normalized spacial score (nSPS) is 20.2. The molecule has 1 atom stereocenters. The van der Waals surface area contributed by atoms with Crippen molar-refractivity contribution in [3.05, 3.63) is 0 Å². The van der Waals surface area contributed by atoms with Gasteiger partial charge in [0, 0.05) is 13.3 Å². The van der Waals surface area contributed by atoms with E-state index in [0.717, 1.165) is 11.5 Å². The number of ether oxygens (including phenoxy) is 1. The van der Waals surface area contributed by atoms with E-state index in [1.54, 1.807) is 23.5 Å². The third kappa shape index (κ3) is 4.35. The largest absolute Gasteiger partial charge is 0.450 e. The Labute approximate surface area is 122 Å². The molecule has 0 aromatic carbocycles. The smallest absolute Gasteiger partial charge is 0.303 e. The number of hydrogen-bond acceptors (Lipinski definition) is 5. The summed E-state index contributed by atoms with van der Waals surface area (Å²) >= 11 is 9.48. The number of hydrogen-bond donors (Lipinski definition) is 0. The highest BCUT2D eigenvalue weighted by Gasteiger charge is 2.40. The van der Waals surface area contributed by atoms with Gasteiger partial charge in [0.25, 0.3) is 0 Å². The molecule has 3 nitrogen and oxygen atoms in total. The minimum absolute atomic E-state index is 0.0317. The molecule has 1 aliphatic heterocycles. The molecule has 1 saturated heterocycles. The summed E-state index contributed by atoms with van der Waals surface area (Å²) < 4.78 is 5.47. The Morgan fingerprint density at radius 2 is 2.00 bits per heavy atom. The summed E-state index contributed by atoms with van der Waals surface area (Å²) in [7, 11) is 0. The van der Waals surface area contributed by atoms with E-state index in [2.05, 4.69) is 0 Å². The fourth-order valence-electron chi connectivity index (χ4n) is 1.79. The molecule has 6 heteroatoms. The topological polar surface area (TPSA) is 43.4 Å². The van der Waals surface area contributed by atoms with Gasteiger partial charge in [0.1, 0.15) is 0 Å². The molecular formula is C12H19ClO3S2. The van der Waals surface area contributed by atoms with Gasteiger partial charge in [-0.05, 0) is 24.3 Å². The second-order valence-electron chi connectivity index (χ2n) is 4.23. The number of esters is 1. The predicted molar refractivity (Wildman–Crippen MR) is 78.5 cm³/mol. The predicted octanol–water partition coefficient (Wildman–Crippen LogP) is 3.09. The van der Waals surface area contributed by atoms with Gasteiger partial charge in [-0.15, -0.1) is 35.1 Å². The number of alkyl halides is 1. The van der Waals surface area contributed by atoms with Crippen molar-refractivity contribution in [2.75, 3.05) is 17.4 Å². The van der Waals surface area contributed by atoms with Crippen LogP contribution in [0.1, 0.15) is 33.1 Å². The maximum absolute atomic E-state index is 12.3. The second-order valence-corrected chi connectivity index (χ2v) is 7.41. The molecule has 18 heavy (non-hydrogen) atoms. The Hall–Kier alpha value is 0.130. The van der Waals surface area contributed by atoms with Crippen molar-refractivity contribution < 1.29 is 14.3 Å². The molecule has 1 aliphatic rings. The van der Waals surface area contributed by atoms with E-state index >= 15 is 0 Å². The zero-order valence-corrected chi connectivity index (χ0v) is 13.1. The zero-order valence-electron chi connectivity index (χ0n) is 10.7. The van der Waals surface area contributed by atoms with Crippen LogP contribution in [0.3, 0.4) is 0 Å². The molecule has 1 heterocycles. The van der Waals surface area contributed by atoms with Gasteiger partial charge < -0.3 is 4.74 Å². The molecule has 0 saturated carbocycles. The Morgan fingerprint density at radius 3 is 2.44 bits per heavy atom. The van der Waals surface area contributed by atoms with E-state index in [1.807, 2.05) is 6.92 Å². The number of Topliss-reactive ketones (excluding diaryl/α,β-unsaturated/α-hetero) is 1. The van der Waals surface area contributed by atoms with E-state index in [9.17, 15) is 9.59 Å². The van der Waals surface area contributed by atoms with Crippen LogP contribution < -0.4 is 0 Å². The van der Waals surface area contributed by atoms with Crippen LogP contribution in [0, 0.1) is 0 Å². The molecule has 0 N–H and O–H groups in total. The van der Waals surface area contributed by atoms with Crippen LogP contribution in [0.2, 0.25) is 0 Å². The monoisotopic (exact) mass is 310 g/mol. The van der Waals surface area contributed by atoms with Crippen LogP contribution >= 0.6 is 35.1 Å². The van der Waals surface area contributed by atoms with Crippen molar-refractivity contribution in [2.24, 2.45) is 0 Å². The summed E-state index contributed by atoms with van der Waals surface area (Å²) in [6.45, 7) is 3.14. The van der Waals surface area contributed by atoms with Crippen molar-refractivity contribution in [2.45, 2.75) is 43.3 Å². The first-order valence-corrected chi connectivity index (χ1v) is 8.69. The number of carbonyl (C=O) groups is 2. The highest BCUT2D eigenvalue weighted by Crippen LogP contribution is 2.35. The van der Waals surface area contributed by atoms with Gasteiger partial charge in [-0.2, -0.15) is 0 Å². The maximum Gasteiger partial charge on any atom is 0.303 e. The minimum atomic E-state index is -1.13. The number of rotatable bonds is 6. The lowest BCUT2D eigenvalue weighted by molar-refractivity contribution is -0.163. The van der Waals surface area contributed by atoms with Gasteiger partial charge in [-0.3, -0.25) is 9.59 Å². The summed E-state index contributed by atoms with van der Waals surface area (Å²) in [5.74, 6) is 1.72. The van der Waals surface area contributed by atoms with Gasteiger partial charge in [0.05, 0.1) is 10.5 Å². The van der Waals surface area contributed by atoms with Gasteiger partial charge in [-0.1, -0.05) is 6.92 Å². The first-order valence-electron chi connectivity index (χ1n) is 6.06. The van der Waals surface area contributed by atoms with Crippen LogP contribution in [0.5, 0.6) is 0 Å². The molecule has 1 rings (SSSR count). The lowest BCUT2D eigenvalue weighted by Crippen LogP contribution is -2.45. The molecule has 1 fully saturated rings. The molecule has 0 bridgehead atoms. The number of ketones is 1. The lowest BCUT2D eigenvalue weighted by atomic mass is 9.95. The van der Waals surface area contributed by atoms with Crippen LogP contribution in [0.4, 0.5) is 0 Å². The van der Waals surface area contributed by atoms with Crippen molar-refractivity contribution >= 4 is 46.9 Å². The summed E-state index contributed by atoms with van der Waals surface area (Å²) in [4.78, 5) is 23.5. The summed E-state index contributed by atoms with van der Waals surface area (Å²) in [6, 6.07) is 0. The highest BCUT2D eigenvalue weighted by molar-refractivity contribution is 8.17. The number of thioether (sulfide) groups is 2. The third-order valence-corrected chi connectivity index (χ3v) is 6.26. The van der Waals surface area contributed by atoms with E-state index < -0.39 is 11.6 Å². The summed E-state index contributed by atoms with van der Waals surface area (Å²) in [6.07, 6.45) is 2.04. The molecule has 0 aromatic rings. The van der Waals surface area contributed by atoms with Crippen LogP contribution in [-0.2, 0) is 14.3 Å². The second kappa shape index (κ2) is 7.65. The van der Waals surface area contributed by atoms with Crippen LogP contribution in [-0.4, -0.2) is 39.3 Å². The van der Waals surface area contributed by atoms with Gasteiger partial charge in [-0.25, -0.2) is 0 Å². The van der Waals surface area contributed by atoms with Crippen molar-refractivity contribution in [1.29, 1.82) is 0 Å². The van der Waals surface area contributed by atoms with E-state index in [0.29, 0.717) is 12.8 Å². The molecule has 0 aliphatic carbocycles. The SMILES string of the molecule is CC[C@@](CCl)(OC(C)=O)C(=O)CC1SCCCS1. The van der Waals surface area contributed by atoms with E-state index in [4.69, 9.17) is 16.3 Å². The zero-order chi connectivity index (χ0) is 13.6. The van der Waals surface area contributed by atoms with E-state index in [-0.39, 0.29) is 16.2 Å². The number of carbonyl (C=O) groups excluding carboxylic acids is 2. The highest BCUT2D eigenvalue weighted by atomic mass is 35.5. The lowest BCUT2D eigenvalue weighted by Gasteiger charge is -2.30. The fraction of sp³-hybridized carbons (Fsp3) is 0.833. The number of halogens is 1. The molecular weight excluding hydrogens is 292 g/mol. The Balaban J connectivity index is 2.66. The molecule has 0 amide bonds. The Morgan fingerprint density at radius 1 is 1.39 bits per heavy atom. The third-order valence-electron chi connectivity index (χ3n) is 2.88. The molecule has 104 valence electrons. The first kappa shape index (κ1) is 16.2. The van der Waals surface area contributed by atoms with Gasteiger partial charge in [0.15, 0.2) is 11.4 Å². The van der Waals surface area contributed by atoms with E-state index in [1.165, 1.54) is 13.3 Å². The summed E-state index contributed by atoms with van der Waals surface area (Å²) in [5.41, 5.74) is -1.13. The first-order chi connectivity index (χ1) is 8.54. The van der Waals surface area contributed by atoms with Crippen LogP contribution in [0.15, 0.2) is 0 Å². The molecule has 0 radical (unpaired) electrons. The summed E-state index contributed by atoms with van der Waals surface area (Å²) in [5, 5.41) is 0.